The van der Waals surface area contributed by atoms with Crippen LogP contribution in [0.5, 0.6) is 0 Å². The van der Waals surface area contributed by atoms with E-state index >= 15 is 0 Å². The van der Waals surface area contributed by atoms with Crippen LogP contribution in [-0.4, -0.2) is 19.9 Å². The van der Waals surface area contributed by atoms with Crippen LogP contribution in [0.2, 0.25) is 0 Å². The molecule has 0 saturated heterocycles. The highest BCUT2D eigenvalue weighted by molar-refractivity contribution is 6.14. The number of aromatic nitrogens is 4. The van der Waals surface area contributed by atoms with Gasteiger partial charge in [0, 0.05) is 33.8 Å². The SMILES string of the molecule is c1ccc(-c2ccc(-c3nc(-c4ccccc4)nc(-c4cc(-c5cc6ccccc6c6ccccc56)cc(-c5ccnc6c5oc5ccccc56)c4)n3)cc2)cc1. The van der Waals surface area contributed by atoms with Crippen LogP contribution >= 0.6 is 0 Å². The molecule has 0 aliphatic rings. The number of rotatable bonds is 6. The number of furan rings is 1. The molecule has 0 fully saturated rings. The van der Waals surface area contributed by atoms with Gasteiger partial charge in [-0.2, -0.15) is 0 Å². The van der Waals surface area contributed by atoms with E-state index in [1.807, 2.05) is 66.9 Å². The van der Waals surface area contributed by atoms with Crippen molar-refractivity contribution in [1.82, 2.24) is 19.9 Å². The van der Waals surface area contributed by atoms with Gasteiger partial charge in [-0.25, -0.2) is 15.0 Å². The van der Waals surface area contributed by atoms with Crippen molar-refractivity contribution in [2.24, 2.45) is 0 Å². The first-order valence-corrected chi connectivity index (χ1v) is 19.0. The minimum Gasteiger partial charge on any atom is -0.454 e. The van der Waals surface area contributed by atoms with E-state index in [0.717, 1.165) is 72.1 Å². The Bertz CT molecular complexity index is 3280. The number of para-hydroxylation sites is 1. The second kappa shape index (κ2) is 13.5. The zero-order valence-electron chi connectivity index (χ0n) is 30.7. The number of nitrogens with zero attached hydrogens (tertiary/aromatic N) is 4. The maximum Gasteiger partial charge on any atom is 0.164 e. The summed E-state index contributed by atoms with van der Waals surface area (Å²) >= 11 is 0. The van der Waals surface area contributed by atoms with Gasteiger partial charge in [-0.3, -0.25) is 4.98 Å². The van der Waals surface area contributed by atoms with Gasteiger partial charge >= 0.3 is 0 Å². The Kier molecular flexibility index (Phi) is 7.74. The molecule has 8 aromatic carbocycles. The summed E-state index contributed by atoms with van der Waals surface area (Å²) in [5.74, 6) is 1.79. The predicted molar refractivity (Wildman–Crippen MR) is 233 cm³/mol. The quantitative estimate of drug-likeness (QED) is 0.160. The van der Waals surface area contributed by atoms with Crippen molar-refractivity contribution in [1.29, 1.82) is 0 Å². The van der Waals surface area contributed by atoms with Gasteiger partial charge in [-0.1, -0.05) is 146 Å². The minimum atomic E-state index is 0.578. The zero-order chi connectivity index (χ0) is 37.7. The third kappa shape index (κ3) is 5.81. The van der Waals surface area contributed by atoms with Crippen LogP contribution in [0.25, 0.3) is 111 Å². The average molecular weight is 729 g/mol. The van der Waals surface area contributed by atoms with Crippen molar-refractivity contribution in [3.8, 4) is 67.5 Å². The summed E-state index contributed by atoms with van der Waals surface area (Å²) in [7, 11) is 0. The average Bonchev–Trinajstić information content (AvgIpc) is 3.68. The van der Waals surface area contributed by atoms with E-state index < -0.39 is 0 Å². The van der Waals surface area contributed by atoms with Gasteiger partial charge < -0.3 is 4.42 Å². The van der Waals surface area contributed by atoms with Gasteiger partial charge in [0.05, 0.1) is 0 Å². The maximum absolute atomic E-state index is 6.55. The molecule has 0 radical (unpaired) electrons. The zero-order valence-corrected chi connectivity index (χ0v) is 30.7. The lowest BCUT2D eigenvalue weighted by Crippen LogP contribution is -2.00. The van der Waals surface area contributed by atoms with E-state index in [9.17, 15) is 0 Å². The van der Waals surface area contributed by atoms with Crippen molar-refractivity contribution in [2.45, 2.75) is 0 Å². The lowest BCUT2D eigenvalue weighted by Gasteiger charge is -2.15. The maximum atomic E-state index is 6.55. The molecule has 0 saturated carbocycles. The highest BCUT2D eigenvalue weighted by Crippen LogP contribution is 2.41. The predicted octanol–water partition coefficient (Wildman–Crippen LogP) is 13.5. The molecule has 0 amide bonds. The largest absolute Gasteiger partial charge is 0.454 e. The number of fused-ring (bicyclic) bond motifs is 6. The Labute approximate surface area is 328 Å². The highest BCUT2D eigenvalue weighted by atomic mass is 16.3. The van der Waals surface area contributed by atoms with E-state index in [-0.39, 0.29) is 0 Å². The topological polar surface area (TPSA) is 64.7 Å². The van der Waals surface area contributed by atoms with Crippen molar-refractivity contribution in [3.05, 3.63) is 194 Å². The van der Waals surface area contributed by atoms with E-state index in [1.165, 1.54) is 21.5 Å². The lowest BCUT2D eigenvalue weighted by molar-refractivity contribution is 0.669. The first kappa shape index (κ1) is 32.7. The summed E-state index contributed by atoms with van der Waals surface area (Å²) < 4.78 is 6.55. The molecular formula is C52H32N4O. The van der Waals surface area contributed by atoms with Gasteiger partial charge in [0.15, 0.2) is 23.1 Å². The molecule has 3 aromatic heterocycles. The van der Waals surface area contributed by atoms with Crippen LogP contribution < -0.4 is 0 Å². The summed E-state index contributed by atoms with van der Waals surface area (Å²) in [6.45, 7) is 0. The molecule has 0 aliphatic carbocycles. The van der Waals surface area contributed by atoms with Gasteiger partial charge in [0.1, 0.15) is 11.1 Å². The molecule has 11 rings (SSSR count). The van der Waals surface area contributed by atoms with Crippen LogP contribution in [-0.2, 0) is 0 Å². The van der Waals surface area contributed by atoms with Crippen molar-refractivity contribution in [2.75, 3.05) is 0 Å². The van der Waals surface area contributed by atoms with Crippen LogP contribution in [0, 0.1) is 0 Å². The Balaban J connectivity index is 1.17. The van der Waals surface area contributed by atoms with E-state index in [4.69, 9.17) is 24.4 Å². The van der Waals surface area contributed by atoms with Crippen LogP contribution in [0.4, 0.5) is 0 Å². The minimum absolute atomic E-state index is 0.578. The summed E-state index contributed by atoms with van der Waals surface area (Å²) in [5, 5.41) is 5.75. The van der Waals surface area contributed by atoms with Gasteiger partial charge in [0.25, 0.3) is 0 Å². The number of pyridine rings is 1. The molecule has 3 heterocycles. The summed E-state index contributed by atoms with van der Waals surface area (Å²) in [6.07, 6.45) is 1.87. The Morgan fingerprint density at radius 1 is 0.333 bits per heavy atom. The lowest BCUT2D eigenvalue weighted by atomic mass is 9.90. The van der Waals surface area contributed by atoms with Crippen LogP contribution in [0.15, 0.2) is 199 Å². The number of hydrogen-bond acceptors (Lipinski definition) is 5. The molecule has 5 nitrogen and oxygen atoms in total. The summed E-state index contributed by atoms with van der Waals surface area (Å²) in [5.41, 5.74) is 11.4. The molecule has 0 atom stereocenters. The standard InChI is InChI=1S/C52H32N4O/c1-3-13-33(14-4-1)34-23-25-36(26-24-34)51-54-50(35-15-5-2-6-16-35)55-52(56-51)40-30-38(42-27-28-53-48-45-21-11-12-22-47(45)57-49(42)48)29-39(31-40)46-32-37-17-7-8-18-41(37)43-19-9-10-20-44(43)46/h1-32H. The van der Waals surface area contributed by atoms with Crippen molar-refractivity contribution < 1.29 is 4.42 Å². The normalized spacial score (nSPS) is 11.5. The first-order valence-electron chi connectivity index (χ1n) is 19.0. The first-order chi connectivity index (χ1) is 28.2. The van der Waals surface area contributed by atoms with Crippen LogP contribution in [0.3, 0.4) is 0 Å². The summed E-state index contributed by atoms with van der Waals surface area (Å²) in [4.78, 5) is 20.2. The Morgan fingerprint density at radius 2 is 0.842 bits per heavy atom. The molecule has 57 heavy (non-hydrogen) atoms. The molecule has 0 spiro atoms. The molecular weight excluding hydrogens is 697 g/mol. The van der Waals surface area contributed by atoms with E-state index in [0.29, 0.717) is 17.5 Å². The monoisotopic (exact) mass is 728 g/mol. The fourth-order valence-electron chi connectivity index (χ4n) is 7.99. The fourth-order valence-corrected chi connectivity index (χ4v) is 7.99. The second-order valence-electron chi connectivity index (χ2n) is 14.2. The molecule has 0 N–H and O–H groups in total. The molecule has 0 unspecified atom stereocenters. The van der Waals surface area contributed by atoms with Gasteiger partial charge in [-0.05, 0) is 91.8 Å². The molecule has 0 aliphatic heterocycles. The molecule has 11 aromatic rings. The molecule has 266 valence electrons. The second-order valence-corrected chi connectivity index (χ2v) is 14.2. The number of benzene rings is 8. The third-order valence-corrected chi connectivity index (χ3v) is 10.8. The van der Waals surface area contributed by atoms with Crippen molar-refractivity contribution >= 4 is 43.6 Å². The van der Waals surface area contributed by atoms with Crippen molar-refractivity contribution in [3.63, 3.8) is 0 Å². The number of hydrogen-bond donors (Lipinski definition) is 0. The van der Waals surface area contributed by atoms with Crippen LogP contribution in [0.1, 0.15) is 0 Å². The molecule has 0 bridgehead atoms. The van der Waals surface area contributed by atoms with Gasteiger partial charge in [-0.15, -0.1) is 0 Å². The summed E-state index contributed by atoms with van der Waals surface area (Å²) in [6, 6.07) is 65.2. The third-order valence-electron chi connectivity index (χ3n) is 10.8. The van der Waals surface area contributed by atoms with Gasteiger partial charge in [0.2, 0.25) is 0 Å². The smallest absolute Gasteiger partial charge is 0.164 e. The Hall–Kier alpha value is -7.76. The fraction of sp³-hybridized carbons (Fsp3) is 0. The van der Waals surface area contributed by atoms with E-state index in [1.54, 1.807) is 0 Å². The van der Waals surface area contributed by atoms with E-state index in [2.05, 4.69) is 127 Å². The molecule has 5 heteroatoms. The Morgan fingerprint density at radius 3 is 1.58 bits per heavy atom. The highest BCUT2D eigenvalue weighted by Gasteiger charge is 2.19.